The van der Waals surface area contributed by atoms with Crippen LogP contribution in [0.1, 0.15) is 30.9 Å². The van der Waals surface area contributed by atoms with Crippen LogP contribution in [-0.2, 0) is 19.1 Å². The Bertz CT molecular complexity index is 456. The van der Waals surface area contributed by atoms with E-state index in [1.54, 1.807) is 31.5 Å². The lowest BCUT2D eigenvalue weighted by Crippen LogP contribution is -2.16. The molecule has 18 heavy (non-hydrogen) atoms. The Balaban J connectivity index is 2.62. The summed E-state index contributed by atoms with van der Waals surface area (Å²) in [5, 5.41) is 0. The van der Waals surface area contributed by atoms with Crippen molar-refractivity contribution in [2.24, 2.45) is 0 Å². The summed E-state index contributed by atoms with van der Waals surface area (Å²) in [5.41, 5.74) is 1.55. The first-order valence-electron chi connectivity index (χ1n) is 5.42. The SMILES string of the molecule is C=Cc1cncc(C(C)C(=O)OCOC(C)=O)c1. The van der Waals surface area contributed by atoms with Gasteiger partial charge in [0.2, 0.25) is 6.79 Å². The number of hydrogen-bond acceptors (Lipinski definition) is 5. The summed E-state index contributed by atoms with van der Waals surface area (Å²) in [6.45, 7) is 6.20. The van der Waals surface area contributed by atoms with Crippen LogP contribution in [0.5, 0.6) is 0 Å². The molecule has 1 aromatic rings. The lowest BCUT2D eigenvalue weighted by molar-refractivity contribution is -0.166. The average Bonchev–Trinajstić information content (AvgIpc) is 2.37. The van der Waals surface area contributed by atoms with E-state index in [9.17, 15) is 9.59 Å². The smallest absolute Gasteiger partial charge is 0.316 e. The standard InChI is InChI=1S/C13H15NO4/c1-4-11-5-12(7-14-6-11)9(2)13(16)18-8-17-10(3)15/h4-7,9H,1,8H2,2-3H3. The molecule has 1 unspecified atom stereocenters. The topological polar surface area (TPSA) is 65.5 Å². The first kappa shape index (κ1) is 13.9. The molecule has 5 heteroatoms. The van der Waals surface area contributed by atoms with Gasteiger partial charge in [0.25, 0.3) is 0 Å². The normalized spacial score (nSPS) is 11.4. The van der Waals surface area contributed by atoms with Crippen LogP contribution < -0.4 is 0 Å². The predicted molar refractivity (Wildman–Crippen MR) is 65.5 cm³/mol. The minimum absolute atomic E-state index is 0.368. The summed E-state index contributed by atoms with van der Waals surface area (Å²) in [6, 6.07) is 1.80. The van der Waals surface area contributed by atoms with Crippen LogP contribution in [0.4, 0.5) is 0 Å². The zero-order chi connectivity index (χ0) is 13.5. The zero-order valence-corrected chi connectivity index (χ0v) is 10.4. The molecule has 0 bridgehead atoms. The van der Waals surface area contributed by atoms with E-state index in [1.807, 2.05) is 0 Å². The van der Waals surface area contributed by atoms with Crippen molar-refractivity contribution in [3.8, 4) is 0 Å². The van der Waals surface area contributed by atoms with Crippen molar-refractivity contribution in [2.45, 2.75) is 19.8 Å². The molecule has 0 saturated heterocycles. The van der Waals surface area contributed by atoms with Crippen molar-refractivity contribution < 1.29 is 19.1 Å². The molecule has 0 fully saturated rings. The largest absolute Gasteiger partial charge is 0.428 e. The number of carbonyl (C=O) groups is 2. The van der Waals surface area contributed by atoms with Crippen molar-refractivity contribution in [3.05, 3.63) is 36.2 Å². The van der Waals surface area contributed by atoms with Crippen molar-refractivity contribution >= 4 is 18.0 Å². The van der Waals surface area contributed by atoms with Crippen molar-refractivity contribution in [2.75, 3.05) is 6.79 Å². The van der Waals surface area contributed by atoms with Gasteiger partial charge in [-0.3, -0.25) is 14.6 Å². The Kier molecular flexibility index (Phi) is 5.05. The molecule has 96 valence electrons. The molecule has 0 spiro atoms. The van der Waals surface area contributed by atoms with Crippen LogP contribution in [0.15, 0.2) is 25.0 Å². The van der Waals surface area contributed by atoms with E-state index in [1.165, 1.54) is 6.92 Å². The van der Waals surface area contributed by atoms with Gasteiger partial charge in [-0.05, 0) is 24.1 Å². The Labute approximate surface area is 105 Å². The van der Waals surface area contributed by atoms with E-state index in [0.717, 1.165) is 11.1 Å². The number of hydrogen-bond donors (Lipinski definition) is 0. The molecule has 0 radical (unpaired) electrons. The van der Waals surface area contributed by atoms with Gasteiger partial charge in [0.15, 0.2) is 0 Å². The summed E-state index contributed by atoms with van der Waals surface area (Å²) in [7, 11) is 0. The highest BCUT2D eigenvalue weighted by Gasteiger charge is 2.17. The molecule has 1 heterocycles. The van der Waals surface area contributed by atoms with E-state index in [-0.39, 0.29) is 6.79 Å². The van der Waals surface area contributed by atoms with Gasteiger partial charge in [-0.1, -0.05) is 12.7 Å². The zero-order valence-electron chi connectivity index (χ0n) is 10.4. The average molecular weight is 249 g/mol. The molecule has 0 saturated carbocycles. The maximum Gasteiger partial charge on any atom is 0.316 e. The van der Waals surface area contributed by atoms with Crippen molar-refractivity contribution in [1.29, 1.82) is 0 Å². The Morgan fingerprint density at radius 2 is 2.17 bits per heavy atom. The van der Waals surface area contributed by atoms with Crippen LogP contribution in [0.2, 0.25) is 0 Å². The minimum atomic E-state index is -0.495. The summed E-state index contributed by atoms with van der Waals surface area (Å²) in [5.74, 6) is -1.45. The number of pyridine rings is 1. The van der Waals surface area contributed by atoms with Gasteiger partial charge in [-0.25, -0.2) is 0 Å². The van der Waals surface area contributed by atoms with E-state index in [2.05, 4.69) is 16.3 Å². The molecule has 0 aliphatic carbocycles. The summed E-state index contributed by atoms with van der Waals surface area (Å²) < 4.78 is 9.34. The third kappa shape index (κ3) is 4.01. The van der Waals surface area contributed by atoms with E-state index >= 15 is 0 Å². The summed E-state index contributed by atoms with van der Waals surface area (Å²) >= 11 is 0. The second-order valence-corrected chi connectivity index (χ2v) is 3.69. The fourth-order valence-electron chi connectivity index (χ4n) is 1.26. The summed E-state index contributed by atoms with van der Waals surface area (Å²) in [6.07, 6.45) is 4.88. The molecule has 0 aliphatic heterocycles. The molecular weight excluding hydrogens is 234 g/mol. The predicted octanol–water partition coefficient (Wildman–Crippen LogP) is 1.89. The van der Waals surface area contributed by atoms with Crippen molar-refractivity contribution in [3.63, 3.8) is 0 Å². The van der Waals surface area contributed by atoms with Crippen LogP contribution in [0.3, 0.4) is 0 Å². The Hall–Kier alpha value is -2.17. The van der Waals surface area contributed by atoms with Gasteiger partial charge < -0.3 is 9.47 Å². The van der Waals surface area contributed by atoms with Gasteiger partial charge in [-0.15, -0.1) is 0 Å². The molecule has 1 aromatic heterocycles. The van der Waals surface area contributed by atoms with Crippen molar-refractivity contribution in [1.82, 2.24) is 4.98 Å². The van der Waals surface area contributed by atoms with Crippen LogP contribution in [0.25, 0.3) is 6.08 Å². The maximum absolute atomic E-state index is 11.7. The first-order valence-corrected chi connectivity index (χ1v) is 5.42. The molecule has 5 nitrogen and oxygen atoms in total. The highest BCUT2D eigenvalue weighted by atomic mass is 16.7. The van der Waals surface area contributed by atoms with Crippen LogP contribution >= 0.6 is 0 Å². The van der Waals surface area contributed by atoms with E-state index < -0.39 is 17.9 Å². The number of rotatable bonds is 5. The number of ether oxygens (including phenoxy) is 2. The molecule has 0 N–H and O–H groups in total. The number of esters is 2. The Morgan fingerprint density at radius 1 is 1.44 bits per heavy atom. The quantitative estimate of drug-likeness (QED) is 0.589. The highest BCUT2D eigenvalue weighted by molar-refractivity contribution is 5.78. The summed E-state index contributed by atoms with van der Waals surface area (Å²) in [4.78, 5) is 26.2. The maximum atomic E-state index is 11.7. The molecule has 0 aromatic carbocycles. The van der Waals surface area contributed by atoms with Crippen LogP contribution in [0, 0.1) is 0 Å². The second kappa shape index (κ2) is 6.54. The number of nitrogens with zero attached hydrogens (tertiary/aromatic N) is 1. The molecular formula is C13H15NO4. The third-order valence-corrected chi connectivity index (χ3v) is 2.33. The lowest BCUT2D eigenvalue weighted by Gasteiger charge is -2.11. The monoisotopic (exact) mass is 249 g/mol. The fraction of sp³-hybridized carbons (Fsp3) is 0.308. The van der Waals surface area contributed by atoms with Gasteiger partial charge in [0, 0.05) is 19.3 Å². The number of carbonyl (C=O) groups excluding carboxylic acids is 2. The highest BCUT2D eigenvalue weighted by Crippen LogP contribution is 2.17. The lowest BCUT2D eigenvalue weighted by atomic mass is 10.0. The second-order valence-electron chi connectivity index (χ2n) is 3.69. The number of aromatic nitrogens is 1. The van der Waals surface area contributed by atoms with E-state index in [4.69, 9.17) is 4.74 Å². The van der Waals surface area contributed by atoms with Gasteiger partial charge in [0.05, 0.1) is 5.92 Å². The van der Waals surface area contributed by atoms with Gasteiger partial charge in [-0.2, -0.15) is 0 Å². The van der Waals surface area contributed by atoms with E-state index in [0.29, 0.717) is 0 Å². The fourth-order valence-corrected chi connectivity index (χ4v) is 1.26. The third-order valence-electron chi connectivity index (χ3n) is 2.33. The van der Waals surface area contributed by atoms with Gasteiger partial charge >= 0.3 is 11.9 Å². The molecule has 0 aliphatic rings. The first-order chi connectivity index (χ1) is 8.54. The molecule has 1 rings (SSSR count). The van der Waals surface area contributed by atoms with Gasteiger partial charge in [0.1, 0.15) is 0 Å². The molecule has 0 amide bonds. The van der Waals surface area contributed by atoms with Crippen LogP contribution in [-0.4, -0.2) is 23.7 Å². The minimum Gasteiger partial charge on any atom is -0.428 e. The Morgan fingerprint density at radius 3 is 2.78 bits per heavy atom. The molecule has 1 atom stereocenters.